The molecule has 5 N–H and O–H groups in total. The maximum Gasteiger partial charge on any atom is 0.138 e. The fraction of sp³-hybridized carbons (Fsp3) is 0.0833. The zero-order valence-corrected chi connectivity index (χ0v) is 10.1. The van der Waals surface area contributed by atoms with E-state index in [1.807, 2.05) is 0 Å². The molecular formula is C12H12FN5O. The Bertz CT molecular complexity index is 624. The zero-order chi connectivity index (χ0) is 14.0. The monoisotopic (exact) mass is 261 g/mol. The Hall–Kier alpha value is -2.70. The van der Waals surface area contributed by atoms with Gasteiger partial charge in [0.15, 0.2) is 0 Å². The summed E-state index contributed by atoms with van der Waals surface area (Å²) in [5.41, 5.74) is 11.7. The van der Waals surface area contributed by atoms with Crippen molar-refractivity contribution >= 4 is 17.3 Å². The van der Waals surface area contributed by atoms with Crippen LogP contribution >= 0.6 is 0 Å². The number of hydrogen-bond acceptors (Lipinski definition) is 6. The smallest absolute Gasteiger partial charge is 0.138 e. The maximum absolute atomic E-state index is 13.4. The minimum absolute atomic E-state index is 0.0617. The molecule has 1 aromatic carbocycles. The molecule has 2 aromatic rings. The Kier molecular flexibility index (Phi) is 3.28. The molecular weight excluding hydrogens is 249 g/mol. The first-order chi connectivity index (χ1) is 9.02. The van der Waals surface area contributed by atoms with Gasteiger partial charge in [-0.05, 0) is 12.1 Å². The fourth-order valence-corrected chi connectivity index (χ4v) is 1.64. The zero-order valence-electron chi connectivity index (χ0n) is 10.1. The number of anilines is 2. The number of hydrogen-bond donors (Lipinski definition) is 3. The normalized spacial score (nSPS) is 10.2. The topological polar surface area (TPSA) is 111 Å². The van der Waals surface area contributed by atoms with E-state index < -0.39 is 5.82 Å². The summed E-state index contributed by atoms with van der Waals surface area (Å²) in [5.74, 6) is -0.0803. The molecule has 0 amide bonds. The summed E-state index contributed by atoms with van der Waals surface area (Å²) >= 11 is 0. The van der Waals surface area contributed by atoms with Gasteiger partial charge in [-0.2, -0.15) is 0 Å². The first-order valence-corrected chi connectivity index (χ1v) is 5.32. The lowest BCUT2D eigenvalue weighted by Crippen LogP contribution is -2.12. The number of ether oxygens (including phenoxy) is 1. The van der Waals surface area contributed by atoms with E-state index in [9.17, 15) is 4.39 Å². The van der Waals surface area contributed by atoms with Gasteiger partial charge in [0.2, 0.25) is 0 Å². The number of nitrogens with two attached hydrogens (primary N) is 2. The molecule has 0 saturated carbocycles. The van der Waals surface area contributed by atoms with Gasteiger partial charge in [0.25, 0.3) is 0 Å². The largest absolute Gasteiger partial charge is 0.497 e. The SMILES string of the molecule is COc1cc(F)cc(C(=N)c2c(N)ncnc2N)c1. The van der Waals surface area contributed by atoms with Crippen LogP contribution in [0.15, 0.2) is 24.5 Å². The number of halogens is 1. The van der Waals surface area contributed by atoms with Crippen LogP contribution in [0.2, 0.25) is 0 Å². The van der Waals surface area contributed by atoms with Crippen molar-refractivity contribution in [3.63, 3.8) is 0 Å². The molecule has 0 bridgehead atoms. The second kappa shape index (κ2) is 4.89. The summed E-state index contributed by atoms with van der Waals surface area (Å²) in [6.45, 7) is 0. The van der Waals surface area contributed by atoms with Crippen LogP contribution in [0.1, 0.15) is 11.1 Å². The molecule has 98 valence electrons. The summed E-state index contributed by atoms with van der Waals surface area (Å²) in [6.07, 6.45) is 1.20. The Morgan fingerprint density at radius 1 is 1.21 bits per heavy atom. The third kappa shape index (κ3) is 2.44. The lowest BCUT2D eigenvalue weighted by molar-refractivity contribution is 0.411. The minimum Gasteiger partial charge on any atom is -0.497 e. The number of rotatable bonds is 3. The highest BCUT2D eigenvalue weighted by Crippen LogP contribution is 2.22. The van der Waals surface area contributed by atoms with Crippen molar-refractivity contribution in [2.24, 2.45) is 0 Å². The van der Waals surface area contributed by atoms with E-state index in [0.29, 0.717) is 5.75 Å². The standard InChI is InChI=1S/C12H12FN5O/c1-19-8-3-6(2-7(13)4-8)10(14)9-11(15)17-5-18-12(9)16/h2-5,14H,1H3,(H4,15,16,17,18). The molecule has 0 aliphatic heterocycles. The average molecular weight is 261 g/mol. The van der Waals surface area contributed by atoms with Crippen molar-refractivity contribution in [1.82, 2.24) is 9.97 Å². The quantitative estimate of drug-likeness (QED) is 0.719. The van der Waals surface area contributed by atoms with Crippen molar-refractivity contribution < 1.29 is 9.13 Å². The molecule has 1 heterocycles. The number of aromatic nitrogens is 2. The van der Waals surface area contributed by atoms with E-state index in [4.69, 9.17) is 21.6 Å². The van der Waals surface area contributed by atoms with Crippen LogP contribution in [-0.4, -0.2) is 22.8 Å². The van der Waals surface area contributed by atoms with Gasteiger partial charge in [-0.15, -0.1) is 0 Å². The van der Waals surface area contributed by atoms with Crippen molar-refractivity contribution in [3.05, 3.63) is 41.5 Å². The van der Waals surface area contributed by atoms with Crippen LogP contribution in [0, 0.1) is 11.2 Å². The Morgan fingerprint density at radius 2 is 1.84 bits per heavy atom. The molecule has 0 spiro atoms. The van der Waals surface area contributed by atoms with Gasteiger partial charge in [0.1, 0.15) is 29.5 Å². The molecule has 7 heteroatoms. The van der Waals surface area contributed by atoms with E-state index in [1.165, 1.54) is 31.6 Å². The van der Waals surface area contributed by atoms with Crippen LogP contribution in [0.25, 0.3) is 0 Å². The summed E-state index contributed by atoms with van der Waals surface area (Å²) in [6, 6.07) is 3.92. The molecule has 1 aromatic heterocycles. The fourth-order valence-electron chi connectivity index (χ4n) is 1.64. The van der Waals surface area contributed by atoms with E-state index in [2.05, 4.69) is 9.97 Å². The molecule has 0 aliphatic rings. The predicted octanol–water partition coefficient (Wildman–Crippen LogP) is 1.20. The summed E-state index contributed by atoms with van der Waals surface area (Å²) in [7, 11) is 1.41. The van der Waals surface area contributed by atoms with E-state index in [0.717, 1.165) is 0 Å². The number of methoxy groups -OCH3 is 1. The first kappa shape index (κ1) is 12.7. The lowest BCUT2D eigenvalue weighted by atomic mass is 10.0. The van der Waals surface area contributed by atoms with Crippen LogP contribution < -0.4 is 16.2 Å². The molecule has 0 aliphatic carbocycles. The van der Waals surface area contributed by atoms with E-state index in [1.54, 1.807) is 0 Å². The first-order valence-electron chi connectivity index (χ1n) is 5.32. The summed E-state index contributed by atoms with van der Waals surface area (Å²) < 4.78 is 18.4. The van der Waals surface area contributed by atoms with Gasteiger partial charge in [-0.3, -0.25) is 5.41 Å². The van der Waals surface area contributed by atoms with Crippen molar-refractivity contribution in [2.75, 3.05) is 18.6 Å². The molecule has 6 nitrogen and oxygen atoms in total. The predicted molar refractivity (Wildman–Crippen MR) is 69.7 cm³/mol. The van der Waals surface area contributed by atoms with Crippen molar-refractivity contribution in [1.29, 1.82) is 5.41 Å². The van der Waals surface area contributed by atoms with Gasteiger partial charge >= 0.3 is 0 Å². The van der Waals surface area contributed by atoms with Crippen molar-refractivity contribution in [3.8, 4) is 5.75 Å². The van der Waals surface area contributed by atoms with Gasteiger partial charge in [-0.1, -0.05) is 0 Å². The second-order valence-electron chi connectivity index (χ2n) is 3.77. The number of nitrogens with one attached hydrogen (secondary N) is 1. The molecule has 0 saturated heterocycles. The molecule has 19 heavy (non-hydrogen) atoms. The Balaban J connectivity index is 2.53. The number of benzene rings is 1. The lowest BCUT2D eigenvalue weighted by Gasteiger charge is -2.10. The van der Waals surface area contributed by atoms with Gasteiger partial charge < -0.3 is 16.2 Å². The highest BCUT2D eigenvalue weighted by Gasteiger charge is 2.15. The van der Waals surface area contributed by atoms with E-state index >= 15 is 0 Å². The third-order valence-electron chi connectivity index (χ3n) is 2.55. The minimum atomic E-state index is -0.520. The Morgan fingerprint density at radius 3 is 2.42 bits per heavy atom. The van der Waals surface area contributed by atoms with E-state index in [-0.39, 0.29) is 28.5 Å². The van der Waals surface area contributed by atoms with Crippen molar-refractivity contribution in [2.45, 2.75) is 0 Å². The van der Waals surface area contributed by atoms with Crippen LogP contribution in [0.5, 0.6) is 5.75 Å². The molecule has 2 rings (SSSR count). The van der Waals surface area contributed by atoms with Crippen LogP contribution in [0.4, 0.5) is 16.0 Å². The number of nitrogens with zero attached hydrogens (tertiary/aromatic N) is 2. The highest BCUT2D eigenvalue weighted by molar-refractivity contribution is 6.16. The molecule has 0 atom stereocenters. The molecule has 0 radical (unpaired) electrons. The third-order valence-corrected chi connectivity index (χ3v) is 2.55. The van der Waals surface area contributed by atoms with Crippen LogP contribution in [-0.2, 0) is 0 Å². The second-order valence-corrected chi connectivity index (χ2v) is 3.77. The summed E-state index contributed by atoms with van der Waals surface area (Å²) in [5, 5.41) is 8.06. The molecule has 0 unspecified atom stereocenters. The van der Waals surface area contributed by atoms with Crippen LogP contribution in [0.3, 0.4) is 0 Å². The van der Waals surface area contributed by atoms with Gasteiger partial charge in [-0.25, -0.2) is 14.4 Å². The summed E-state index contributed by atoms with van der Waals surface area (Å²) in [4.78, 5) is 7.54. The maximum atomic E-state index is 13.4. The Labute approximate surface area is 108 Å². The molecule has 0 fully saturated rings. The van der Waals surface area contributed by atoms with Gasteiger partial charge in [0, 0.05) is 11.6 Å². The highest BCUT2D eigenvalue weighted by atomic mass is 19.1. The average Bonchev–Trinajstić information content (AvgIpc) is 2.37. The number of nitrogen functional groups attached to an aromatic ring is 2. The van der Waals surface area contributed by atoms with Gasteiger partial charge in [0.05, 0.1) is 18.4 Å².